The van der Waals surface area contributed by atoms with Crippen molar-refractivity contribution in [3.05, 3.63) is 33.8 Å². The van der Waals surface area contributed by atoms with Gasteiger partial charge in [0.05, 0.1) is 0 Å². The first-order chi connectivity index (χ1) is 11.8. The lowest BCUT2D eigenvalue weighted by Gasteiger charge is -2.34. The Bertz CT molecular complexity index is 553. The van der Waals surface area contributed by atoms with E-state index < -0.39 is 0 Å². The van der Waals surface area contributed by atoms with Gasteiger partial charge < -0.3 is 5.32 Å². The molecule has 1 saturated heterocycles. The number of rotatable bonds is 6. The zero-order chi connectivity index (χ0) is 18.6. The lowest BCUT2D eigenvalue weighted by atomic mass is 9.90. The van der Waals surface area contributed by atoms with Crippen LogP contribution in [0.4, 0.5) is 0 Å². The van der Waals surface area contributed by atoms with Crippen molar-refractivity contribution in [3.63, 3.8) is 0 Å². The van der Waals surface area contributed by atoms with Crippen molar-refractivity contribution >= 4 is 29.1 Å². The van der Waals surface area contributed by atoms with Crippen molar-refractivity contribution in [2.75, 3.05) is 13.1 Å². The lowest BCUT2D eigenvalue weighted by molar-refractivity contribution is -0.127. The molecule has 1 N–H and O–H groups in total. The lowest BCUT2D eigenvalue weighted by Crippen LogP contribution is -2.47. The van der Waals surface area contributed by atoms with Crippen LogP contribution in [-0.4, -0.2) is 29.9 Å². The first-order valence-corrected chi connectivity index (χ1v) is 10.0. The summed E-state index contributed by atoms with van der Waals surface area (Å²) >= 11 is 12.5. The Kier molecular flexibility index (Phi) is 7.60. The molecule has 1 aromatic rings. The second-order valence-electron chi connectivity index (χ2n) is 7.77. The van der Waals surface area contributed by atoms with E-state index in [1.54, 1.807) is 0 Å². The van der Waals surface area contributed by atoms with Gasteiger partial charge in [-0.25, -0.2) is 0 Å². The van der Waals surface area contributed by atoms with Crippen LogP contribution < -0.4 is 5.32 Å². The van der Waals surface area contributed by atoms with Crippen molar-refractivity contribution in [1.82, 2.24) is 10.2 Å². The SMILES string of the molecule is CC(C)C(NC(=O)C1CCN(Cc2c(Cl)cccc2Cl)CC1)C(C)C. The molecule has 0 aromatic heterocycles. The summed E-state index contributed by atoms with van der Waals surface area (Å²) in [6, 6.07) is 5.86. The van der Waals surface area contributed by atoms with E-state index >= 15 is 0 Å². The summed E-state index contributed by atoms with van der Waals surface area (Å²) in [6.45, 7) is 11.2. The molecule has 0 aliphatic carbocycles. The van der Waals surface area contributed by atoms with E-state index in [0.29, 0.717) is 21.9 Å². The number of nitrogens with one attached hydrogen (secondary N) is 1. The van der Waals surface area contributed by atoms with Gasteiger partial charge in [-0.1, -0.05) is 57.0 Å². The number of benzene rings is 1. The Balaban J connectivity index is 1.88. The summed E-state index contributed by atoms with van der Waals surface area (Å²) in [5.74, 6) is 1.22. The van der Waals surface area contributed by atoms with Crippen LogP contribution in [0, 0.1) is 17.8 Å². The predicted octanol–water partition coefficient (Wildman–Crippen LogP) is 5.00. The normalized spacial score (nSPS) is 16.8. The number of hydrogen-bond acceptors (Lipinski definition) is 2. The van der Waals surface area contributed by atoms with E-state index in [0.717, 1.165) is 38.0 Å². The number of likely N-dealkylation sites (tertiary alicyclic amines) is 1. The van der Waals surface area contributed by atoms with Gasteiger partial charge in [-0.05, 0) is 49.9 Å². The van der Waals surface area contributed by atoms with Crippen molar-refractivity contribution < 1.29 is 4.79 Å². The summed E-state index contributed by atoms with van der Waals surface area (Å²) < 4.78 is 0. The molecule has 140 valence electrons. The molecule has 1 heterocycles. The number of carbonyl (C=O) groups is 1. The number of amides is 1. The number of halogens is 2. The maximum absolute atomic E-state index is 12.6. The van der Waals surface area contributed by atoms with Crippen LogP contribution in [0.15, 0.2) is 18.2 Å². The van der Waals surface area contributed by atoms with Crippen LogP contribution in [-0.2, 0) is 11.3 Å². The minimum Gasteiger partial charge on any atom is -0.353 e. The van der Waals surface area contributed by atoms with Crippen molar-refractivity contribution in [1.29, 1.82) is 0 Å². The molecule has 3 nitrogen and oxygen atoms in total. The third-order valence-electron chi connectivity index (χ3n) is 5.15. The van der Waals surface area contributed by atoms with E-state index in [4.69, 9.17) is 23.2 Å². The second kappa shape index (κ2) is 9.25. The fourth-order valence-electron chi connectivity index (χ4n) is 3.65. The molecule has 0 unspecified atom stereocenters. The van der Waals surface area contributed by atoms with Crippen LogP contribution in [0.1, 0.15) is 46.1 Å². The minimum absolute atomic E-state index is 0.109. The van der Waals surface area contributed by atoms with E-state index in [-0.39, 0.29) is 17.9 Å². The second-order valence-corrected chi connectivity index (χ2v) is 8.59. The number of hydrogen-bond donors (Lipinski definition) is 1. The first kappa shape index (κ1) is 20.5. The Morgan fingerprint density at radius 1 is 1.12 bits per heavy atom. The standard InChI is InChI=1S/C20H30Cl2N2O/c1-13(2)19(14(3)4)23-20(25)15-8-10-24(11-9-15)12-16-17(21)6-5-7-18(16)22/h5-7,13-15,19H,8-12H2,1-4H3,(H,23,25). The zero-order valence-electron chi connectivity index (χ0n) is 15.7. The molecule has 0 atom stereocenters. The summed E-state index contributed by atoms with van der Waals surface area (Å²) in [5.41, 5.74) is 0.980. The Morgan fingerprint density at radius 2 is 1.64 bits per heavy atom. The van der Waals surface area contributed by atoms with Gasteiger partial charge in [-0.2, -0.15) is 0 Å². The van der Waals surface area contributed by atoms with Gasteiger partial charge in [0.15, 0.2) is 0 Å². The Morgan fingerprint density at radius 3 is 2.12 bits per heavy atom. The molecule has 1 aromatic carbocycles. The molecule has 0 radical (unpaired) electrons. The molecule has 0 saturated carbocycles. The van der Waals surface area contributed by atoms with Gasteiger partial charge >= 0.3 is 0 Å². The summed E-state index contributed by atoms with van der Waals surface area (Å²) in [7, 11) is 0. The summed E-state index contributed by atoms with van der Waals surface area (Å²) in [5, 5.41) is 4.69. The van der Waals surface area contributed by atoms with Crippen molar-refractivity contribution in [3.8, 4) is 0 Å². The average Bonchev–Trinajstić information content (AvgIpc) is 2.56. The molecule has 1 amide bonds. The van der Waals surface area contributed by atoms with Gasteiger partial charge in [0.2, 0.25) is 5.91 Å². The molecule has 1 fully saturated rings. The van der Waals surface area contributed by atoms with Crippen molar-refractivity contribution in [2.45, 2.75) is 53.1 Å². The smallest absolute Gasteiger partial charge is 0.223 e. The fraction of sp³-hybridized carbons (Fsp3) is 0.650. The van der Waals surface area contributed by atoms with Gasteiger partial charge in [0.1, 0.15) is 0 Å². The summed E-state index contributed by atoms with van der Waals surface area (Å²) in [6.07, 6.45) is 1.77. The fourth-order valence-corrected chi connectivity index (χ4v) is 4.16. The van der Waals surface area contributed by atoms with Gasteiger partial charge in [-0.15, -0.1) is 0 Å². The molecule has 25 heavy (non-hydrogen) atoms. The third-order valence-corrected chi connectivity index (χ3v) is 5.86. The Labute approximate surface area is 162 Å². The number of carbonyl (C=O) groups excluding carboxylic acids is 1. The van der Waals surface area contributed by atoms with E-state index in [1.165, 1.54) is 0 Å². The third kappa shape index (κ3) is 5.60. The van der Waals surface area contributed by atoms with Crippen molar-refractivity contribution in [2.24, 2.45) is 17.8 Å². The number of piperidine rings is 1. The quantitative estimate of drug-likeness (QED) is 0.747. The van der Waals surface area contributed by atoms with Crippen LogP contribution in [0.5, 0.6) is 0 Å². The van der Waals surface area contributed by atoms with Gasteiger partial charge in [0, 0.05) is 34.1 Å². The van der Waals surface area contributed by atoms with Crippen LogP contribution in [0.3, 0.4) is 0 Å². The number of nitrogens with zero attached hydrogens (tertiary/aromatic N) is 1. The van der Waals surface area contributed by atoms with Crippen LogP contribution >= 0.6 is 23.2 Å². The van der Waals surface area contributed by atoms with Crippen LogP contribution in [0.25, 0.3) is 0 Å². The predicted molar refractivity (Wildman–Crippen MR) is 106 cm³/mol. The summed E-state index contributed by atoms with van der Waals surface area (Å²) in [4.78, 5) is 15.0. The molecule has 2 rings (SSSR count). The molecule has 5 heteroatoms. The van der Waals surface area contributed by atoms with Gasteiger partial charge in [0.25, 0.3) is 0 Å². The minimum atomic E-state index is 0.109. The molecule has 1 aliphatic heterocycles. The molecular weight excluding hydrogens is 355 g/mol. The van der Waals surface area contributed by atoms with E-state index in [1.807, 2.05) is 18.2 Å². The maximum atomic E-state index is 12.6. The Hall–Kier alpha value is -0.770. The van der Waals surface area contributed by atoms with Crippen LogP contribution in [0.2, 0.25) is 10.0 Å². The maximum Gasteiger partial charge on any atom is 0.223 e. The van der Waals surface area contributed by atoms with E-state index in [9.17, 15) is 4.79 Å². The zero-order valence-corrected chi connectivity index (χ0v) is 17.2. The van der Waals surface area contributed by atoms with Gasteiger partial charge in [-0.3, -0.25) is 9.69 Å². The topological polar surface area (TPSA) is 32.3 Å². The average molecular weight is 385 g/mol. The first-order valence-electron chi connectivity index (χ1n) is 9.25. The highest BCUT2D eigenvalue weighted by Crippen LogP contribution is 2.28. The molecule has 1 aliphatic rings. The monoisotopic (exact) mass is 384 g/mol. The molecule has 0 bridgehead atoms. The highest BCUT2D eigenvalue weighted by Gasteiger charge is 2.28. The highest BCUT2D eigenvalue weighted by molar-refractivity contribution is 6.35. The molecular formula is C20H30Cl2N2O. The highest BCUT2D eigenvalue weighted by atomic mass is 35.5. The largest absolute Gasteiger partial charge is 0.353 e. The molecule has 0 spiro atoms. The van der Waals surface area contributed by atoms with E-state index in [2.05, 4.69) is 37.9 Å².